The van der Waals surface area contributed by atoms with Crippen LogP contribution in [0.5, 0.6) is 0 Å². The Kier molecular flexibility index (Phi) is 3.93. The molecule has 0 bridgehead atoms. The molecule has 3 rings (SSSR count). The van der Waals surface area contributed by atoms with Gasteiger partial charge in [-0.15, -0.1) is 0 Å². The molecule has 0 unspecified atom stereocenters. The second-order valence-corrected chi connectivity index (χ2v) is 7.25. The van der Waals surface area contributed by atoms with E-state index in [1.165, 1.54) is 0 Å². The van der Waals surface area contributed by atoms with Crippen molar-refractivity contribution in [3.8, 4) is 0 Å². The van der Waals surface area contributed by atoms with Crippen LogP contribution in [0.4, 0.5) is 0 Å². The maximum atomic E-state index is 12.9. The molecular weight excluding hydrogens is 286 g/mol. The van der Waals surface area contributed by atoms with Crippen LogP contribution in [0.3, 0.4) is 0 Å². The van der Waals surface area contributed by atoms with E-state index < -0.39 is 10.0 Å². The molecule has 0 amide bonds. The number of rotatable bonds is 2. The summed E-state index contributed by atoms with van der Waals surface area (Å²) in [5, 5.41) is 4.09. The first-order chi connectivity index (χ1) is 10.1. The minimum absolute atomic E-state index is 0.307. The van der Waals surface area contributed by atoms with Crippen molar-refractivity contribution in [3.05, 3.63) is 36.0 Å². The van der Waals surface area contributed by atoms with E-state index >= 15 is 0 Å². The van der Waals surface area contributed by atoms with Crippen LogP contribution >= 0.6 is 0 Å². The summed E-state index contributed by atoms with van der Waals surface area (Å²) in [4.78, 5) is 4.65. The maximum absolute atomic E-state index is 12.9. The highest BCUT2D eigenvalue weighted by Gasteiger charge is 2.27. The fourth-order valence-corrected chi connectivity index (χ4v) is 4.30. The van der Waals surface area contributed by atoms with Crippen molar-refractivity contribution in [2.75, 3.05) is 26.2 Å². The number of pyridine rings is 1. The zero-order valence-corrected chi connectivity index (χ0v) is 12.9. The van der Waals surface area contributed by atoms with Gasteiger partial charge >= 0.3 is 0 Å². The van der Waals surface area contributed by atoms with Crippen molar-refractivity contribution in [2.24, 2.45) is 0 Å². The van der Waals surface area contributed by atoms with Crippen molar-refractivity contribution >= 4 is 20.9 Å². The molecule has 1 aromatic heterocycles. The molecule has 2 heterocycles. The highest BCUT2D eigenvalue weighted by molar-refractivity contribution is 7.89. The standard InChI is InChI=1S/C15H19N3O2S/c1-12-10-13-4-2-5-14(15(13)17-11-12)21(19,20)18-8-3-6-16-7-9-18/h2,4-5,10-11,16H,3,6-9H2,1H3. The van der Waals surface area contributed by atoms with Gasteiger partial charge in [0.2, 0.25) is 10.0 Å². The lowest BCUT2D eigenvalue weighted by Gasteiger charge is -2.20. The highest BCUT2D eigenvalue weighted by Crippen LogP contribution is 2.25. The van der Waals surface area contributed by atoms with Crippen LogP contribution in [0.1, 0.15) is 12.0 Å². The summed E-state index contributed by atoms with van der Waals surface area (Å²) >= 11 is 0. The number of aromatic nitrogens is 1. The van der Waals surface area contributed by atoms with Gasteiger partial charge in [0, 0.05) is 31.2 Å². The van der Waals surface area contributed by atoms with Crippen molar-refractivity contribution in [1.82, 2.24) is 14.6 Å². The lowest BCUT2D eigenvalue weighted by Crippen LogP contribution is -2.34. The van der Waals surface area contributed by atoms with E-state index in [2.05, 4.69) is 10.3 Å². The maximum Gasteiger partial charge on any atom is 0.245 e. The van der Waals surface area contributed by atoms with Gasteiger partial charge in [-0.05, 0) is 37.6 Å². The fourth-order valence-electron chi connectivity index (χ4n) is 2.65. The molecule has 5 nitrogen and oxygen atoms in total. The van der Waals surface area contributed by atoms with E-state index in [9.17, 15) is 8.42 Å². The molecule has 1 aliphatic rings. The molecular formula is C15H19N3O2S. The van der Waals surface area contributed by atoms with Crippen LogP contribution in [-0.4, -0.2) is 43.9 Å². The van der Waals surface area contributed by atoms with Gasteiger partial charge in [0.25, 0.3) is 0 Å². The summed E-state index contributed by atoms with van der Waals surface area (Å²) in [6, 6.07) is 7.30. The third kappa shape index (κ3) is 2.79. The van der Waals surface area contributed by atoms with E-state index in [1.54, 1.807) is 22.6 Å². The Bertz CT molecular complexity index is 751. The Morgan fingerprint density at radius 3 is 2.95 bits per heavy atom. The minimum atomic E-state index is -3.49. The first-order valence-electron chi connectivity index (χ1n) is 7.15. The Labute approximate surface area is 125 Å². The Hall–Kier alpha value is -1.50. The van der Waals surface area contributed by atoms with Gasteiger partial charge in [-0.3, -0.25) is 4.98 Å². The fraction of sp³-hybridized carbons (Fsp3) is 0.400. The zero-order chi connectivity index (χ0) is 14.9. The van der Waals surface area contributed by atoms with Crippen LogP contribution in [0.2, 0.25) is 0 Å². The van der Waals surface area contributed by atoms with E-state index in [0.717, 1.165) is 23.9 Å². The van der Waals surface area contributed by atoms with Gasteiger partial charge in [-0.2, -0.15) is 4.31 Å². The molecule has 1 fully saturated rings. The monoisotopic (exact) mass is 305 g/mol. The number of benzene rings is 1. The van der Waals surface area contributed by atoms with Gasteiger partial charge in [0.05, 0.1) is 5.52 Å². The molecule has 0 radical (unpaired) electrons. The van der Waals surface area contributed by atoms with Crippen LogP contribution in [0.15, 0.2) is 35.4 Å². The van der Waals surface area contributed by atoms with Crippen molar-refractivity contribution in [1.29, 1.82) is 0 Å². The van der Waals surface area contributed by atoms with Crippen LogP contribution < -0.4 is 5.32 Å². The summed E-state index contributed by atoms with van der Waals surface area (Å²) in [6.45, 7) is 4.56. The van der Waals surface area contributed by atoms with Gasteiger partial charge in [0.1, 0.15) is 4.90 Å². The second-order valence-electron chi connectivity index (χ2n) is 5.35. The van der Waals surface area contributed by atoms with Crippen molar-refractivity contribution < 1.29 is 8.42 Å². The molecule has 1 saturated heterocycles. The topological polar surface area (TPSA) is 62.3 Å². The van der Waals surface area contributed by atoms with E-state index in [0.29, 0.717) is 30.0 Å². The predicted molar refractivity (Wildman–Crippen MR) is 82.7 cm³/mol. The number of nitrogens with zero attached hydrogens (tertiary/aromatic N) is 2. The highest BCUT2D eigenvalue weighted by atomic mass is 32.2. The van der Waals surface area contributed by atoms with Crippen LogP contribution in [0, 0.1) is 6.92 Å². The SMILES string of the molecule is Cc1cnc2c(S(=O)(=O)N3CCCNCC3)cccc2c1. The minimum Gasteiger partial charge on any atom is -0.315 e. The number of nitrogens with one attached hydrogen (secondary N) is 1. The van der Waals surface area contributed by atoms with E-state index in [4.69, 9.17) is 0 Å². The van der Waals surface area contributed by atoms with Gasteiger partial charge in [-0.25, -0.2) is 8.42 Å². The van der Waals surface area contributed by atoms with Gasteiger partial charge in [-0.1, -0.05) is 12.1 Å². The molecule has 1 aromatic carbocycles. The molecule has 2 aromatic rings. The van der Waals surface area contributed by atoms with E-state index in [-0.39, 0.29) is 0 Å². The van der Waals surface area contributed by atoms with Crippen molar-refractivity contribution in [2.45, 2.75) is 18.2 Å². The second kappa shape index (κ2) is 5.71. The molecule has 1 N–H and O–H groups in total. The molecule has 21 heavy (non-hydrogen) atoms. The zero-order valence-electron chi connectivity index (χ0n) is 12.0. The van der Waals surface area contributed by atoms with Crippen LogP contribution in [-0.2, 0) is 10.0 Å². The third-order valence-electron chi connectivity index (χ3n) is 3.73. The summed E-state index contributed by atoms with van der Waals surface area (Å²) in [5.74, 6) is 0. The molecule has 0 spiro atoms. The summed E-state index contributed by atoms with van der Waals surface area (Å²) < 4.78 is 27.4. The largest absolute Gasteiger partial charge is 0.315 e. The number of fused-ring (bicyclic) bond motifs is 1. The molecule has 1 aliphatic heterocycles. The first kappa shape index (κ1) is 14.4. The Balaban J connectivity index is 2.10. The van der Waals surface area contributed by atoms with Gasteiger partial charge in [0.15, 0.2) is 0 Å². The Morgan fingerprint density at radius 1 is 1.24 bits per heavy atom. The quantitative estimate of drug-likeness (QED) is 0.914. The number of para-hydroxylation sites is 1. The number of sulfonamides is 1. The average molecular weight is 305 g/mol. The van der Waals surface area contributed by atoms with E-state index in [1.807, 2.05) is 19.1 Å². The number of aryl methyl sites for hydroxylation is 1. The smallest absolute Gasteiger partial charge is 0.245 e. The lowest BCUT2D eigenvalue weighted by atomic mass is 10.2. The number of hydrogen-bond donors (Lipinski definition) is 1. The summed E-state index contributed by atoms with van der Waals surface area (Å²) in [5.41, 5.74) is 1.58. The van der Waals surface area contributed by atoms with Crippen molar-refractivity contribution in [3.63, 3.8) is 0 Å². The summed E-state index contributed by atoms with van der Waals surface area (Å²) in [7, 11) is -3.49. The predicted octanol–water partition coefficient (Wildman–Crippen LogP) is 1.53. The summed E-state index contributed by atoms with van der Waals surface area (Å²) in [6.07, 6.45) is 2.54. The number of hydrogen-bond acceptors (Lipinski definition) is 4. The first-order valence-corrected chi connectivity index (χ1v) is 8.59. The molecule has 6 heteroatoms. The van der Waals surface area contributed by atoms with Gasteiger partial charge < -0.3 is 5.32 Å². The Morgan fingerprint density at radius 2 is 2.10 bits per heavy atom. The normalized spacial score (nSPS) is 17.8. The molecule has 0 aliphatic carbocycles. The van der Waals surface area contributed by atoms with Crippen LogP contribution in [0.25, 0.3) is 10.9 Å². The lowest BCUT2D eigenvalue weighted by molar-refractivity contribution is 0.432. The molecule has 112 valence electrons. The molecule has 0 saturated carbocycles. The third-order valence-corrected chi connectivity index (χ3v) is 5.66. The average Bonchev–Trinajstić information content (AvgIpc) is 2.75. The molecule has 0 atom stereocenters.